The van der Waals surface area contributed by atoms with Crippen LogP contribution >= 0.6 is 0 Å². The van der Waals surface area contributed by atoms with Gasteiger partial charge in [0.2, 0.25) is 0 Å². The van der Waals surface area contributed by atoms with Crippen molar-refractivity contribution in [1.82, 2.24) is 0 Å². The van der Waals surface area contributed by atoms with Crippen molar-refractivity contribution in [1.29, 1.82) is 0 Å². The molecule has 1 fully saturated rings. The fourth-order valence-electron chi connectivity index (χ4n) is 4.62. The molecule has 27 heavy (non-hydrogen) atoms. The number of nitrogens with one attached hydrogen (secondary N) is 2. The van der Waals surface area contributed by atoms with E-state index in [0.29, 0.717) is 12.0 Å². The van der Waals surface area contributed by atoms with Gasteiger partial charge in [0.25, 0.3) is 0 Å². The van der Waals surface area contributed by atoms with Crippen LogP contribution in [0.25, 0.3) is 0 Å². The van der Waals surface area contributed by atoms with Crippen molar-refractivity contribution in [3.63, 3.8) is 0 Å². The largest absolute Gasteiger partial charge is 0.382 e. The first kappa shape index (κ1) is 18.4. The van der Waals surface area contributed by atoms with Gasteiger partial charge in [0.05, 0.1) is 6.10 Å². The molecular weight excluding hydrogens is 332 g/mol. The Balaban J connectivity index is 1.52. The van der Waals surface area contributed by atoms with E-state index in [2.05, 4.69) is 60.0 Å². The fourth-order valence-corrected chi connectivity index (χ4v) is 4.62. The second-order valence-electron chi connectivity index (χ2n) is 7.99. The molecule has 0 radical (unpaired) electrons. The van der Waals surface area contributed by atoms with Crippen molar-refractivity contribution in [3.05, 3.63) is 54.1 Å². The van der Waals surface area contributed by atoms with Crippen LogP contribution in [0.3, 0.4) is 0 Å². The minimum atomic E-state index is 0.240. The predicted octanol–water partition coefficient (Wildman–Crippen LogP) is 6.66. The number of rotatable bonds is 7. The quantitative estimate of drug-likeness (QED) is 0.539. The lowest BCUT2D eigenvalue weighted by Crippen LogP contribution is -2.41. The molecule has 2 heterocycles. The zero-order chi connectivity index (χ0) is 18.5. The number of para-hydroxylation sites is 1. The molecule has 1 saturated heterocycles. The van der Waals surface area contributed by atoms with Crippen molar-refractivity contribution in [3.8, 4) is 0 Å². The summed E-state index contributed by atoms with van der Waals surface area (Å²) in [4.78, 5) is 0. The van der Waals surface area contributed by atoms with Gasteiger partial charge in [-0.05, 0) is 49.6 Å². The molecule has 2 N–H and O–H groups in total. The van der Waals surface area contributed by atoms with Crippen LogP contribution in [0.2, 0.25) is 0 Å². The molecule has 0 bridgehead atoms. The molecule has 3 nitrogen and oxygen atoms in total. The highest BCUT2D eigenvalue weighted by Crippen LogP contribution is 2.45. The summed E-state index contributed by atoms with van der Waals surface area (Å²) in [5, 5.41) is 7.38. The monoisotopic (exact) mass is 364 g/mol. The van der Waals surface area contributed by atoms with Crippen molar-refractivity contribution < 1.29 is 4.74 Å². The van der Waals surface area contributed by atoms with Gasteiger partial charge in [-0.1, -0.05) is 50.8 Å². The van der Waals surface area contributed by atoms with Gasteiger partial charge in [0.1, 0.15) is 0 Å². The smallest absolute Gasteiger partial charge is 0.0893 e. The first-order valence-electron chi connectivity index (χ1n) is 10.7. The van der Waals surface area contributed by atoms with E-state index in [1.807, 2.05) is 6.07 Å². The Kier molecular flexibility index (Phi) is 5.98. The van der Waals surface area contributed by atoms with E-state index in [9.17, 15) is 0 Å². The summed E-state index contributed by atoms with van der Waals surface area (Å²) in [6.07, 6.45) is 9.27. The third kappa shape index (κ3) is 4.30. The minimum Gasteiger partial charge on any atom is -0.382 e. The van der Waals surface area contributed by atoms with E-state index in [1.54, 1.807) is 0 Å². The fraction of sp³-hybridized carbons (Fsp3) is 0.500. The van der Waals surface area contributed by atoms with Crippen molar-refractivity contribution in [2.45, 2.75) is 64.0 Å². The lowest BCUT2D eigenvalue weighted by Gasteiger charge is -2.43. The highest BCUT2D eigenvalue weighted by Gasteiger charge is 2.38. The SMILES string of the molecule is CCCCCCC1Nc2ccc(Nc3ccccc3)cc2C2OCCCC12. The Morgan fingerprint density at radius 3 is 2.78 bits per heavy atom. The third-order valence-electron chi connectivity index (χ3n) is 6.02. The van der Waals surface area contributed by atoms with Gasteiger partial charge >= 0.3 is 0 Å². The van der Waals surface area contributed by atoms with Crippen molar-refractivity contribution in [2.75, 3.05) is 17.2 Å². The van der Waals surface area contributed by atoms with E-state index in [0.717, 1.165) is 18.0 Å². The van der Waals surface area contributed by atoms with Gasteiger partial charge in [0.15, 0.2) is 0 Å². The molecular formula is C24H32N2O. The second-order valence-corrected chi connectivity index (χ2v) is 7.99. The van der Waals surface area contributed by atoms with E-state index < -0.39 is 0 Å². The van der Waals surface area contributed by atoms with Crippen LogP contribution in [0.15, 0.2) is 48.5 Å². The zero-order valence-electron chi connectivity index (χ0n) is 16.4. The standard InChI is InChI=1S/C24H32N2O/c1-2-3-4-8-13-22-20-12-9-16-27-24(20)21-17-19(14-15-23(21)26-22)25-18-10-6-5-7-11-18/h5-7,10-11,14-15,17,20,22,24-26H,2-4,8-9,12-13,16H2,1H3. The minimum absolute atomic E-state index is 0.240. The highest BCUT2D eigenvalue weighted by molar-refractivity contribution is 5.67. The number of hydrogen-bond donors (Lipinski definition) is 2. The van der Waals surface area contributed by atoms with Gasteiger partial charge in [-0.2, -0.15) is 0 Å². The molecule has 2 aliphatic rings. The average Bonchev–Trinajstić information content (AvgIpc) is 2.72. The Labute approximate surface area is 163 Å². The van der Waals surface area contributed by atoms with E-state index in [4.69, 9.17) is 4.74 Å². The predicted molar refractivity (Wildman–Crippen MR) is 114 cm³/mol. The van der Waals surface area contributed by atoms with Gasteiger partial charge in [-0.25, -0.2) is 0 Å². The summed E-state index contributed by atoms with van der Waals surface area (Å²) in [6, 6.07) is 17.6. The van der Waals surface area contributed by atoms with Gasteiger partial charge < -0.3 is 15.4 Å². The molecule has 2 aromatic rings. The maximum Gasteiger partial charge on any atom is 0.0893 e. The van der Waals surface area contributed by atoms with Crippen molar-refractivity contribution >= 4 is 17.1 Å². The molecule has 0 aromatic heterocycles. The molecule has 2 aliphatic heterocycles. The maximum absolute atomic E-state index is 6.30. The van der Waals surface area contributed by atoms with Crippen LogP contribution in [0.1, 0.15) is 63.5 Å². The Morgan fingerprint density at radius 1 is 1.04 bits per heavy atom. The Bertz CT molecular complexity index is 730. The number of benzene rings is 2. The van der Waals surface area contributed by atoms with E-state index in [1.165, 1.54) is 56.2 Å². The lowest BCUT2D eigenvalue weighted by atomic mass is 9.78. The van der Waals surface area contributed by atoms with Crippen molar-refractivity contribution in [2.24, 2.45) is 5.92 Å². The highest BCUT2D eigenvalue weighted by atomic mass is 16.5. The second kappa shape index (κ2) is 8.79. The number of hydrogen-bond acceptors (Lipinski definition) is 3. The Morgan fingerprint density at radius 2 is 1.93 bits per heavy atom. The van der Waals surface area contributed by atoms with Crippen LogP contribution in [-0.2, 0) is 4.74 Å². The van der Waals surface area contributed by atoms with Gasteiger partial charge in [0, 0.05) is 41.2 Å². The summed E-state index contributed by atoms with van der Waals surface area (Å²) < 4.78 is 6.30. The molecule has 2 aromatic carbocycles. The van der Waals surface area contributed by atoms with Crippen LogP contribution in [0.4, 0.5) is 17.1 Å². The summed E-state index contributed by atoms with van der Waals surface area (Å²) in [5.74, 6) is 0.597. The number of ether oxygens (including phenoxy) is 1. The molecule has 0 amide bonds. The molecule has 0 aliphatic carbocycles. The maximum atomic E-state index is 6.30. The summed E-state index contributed by atoms with van der Waals surface area (Å²) >= 11 is 0. The summed E-state index contributed by atoms with van der Waals surface area (Å²) in [5.41, 5.74) is 4.84. The summed E-state index contributed by atoms with van der Waals surface area (Å²) in [7, 11) is 0. The molecule has 3 atom stereocenters. The molecule has 3 heteroatoms. The van der Waals surface area contributed by atoms with Crippen LogP contribution in [0, 0.1) is 5.92 Å². The van der Waals surface area contributed by atoms with Crippen LogP contribution in [-0.4, -0.2) is 12.6 Å². The zero-order valence-corrected chi connectivity index (χ0v) is 16.4. The molecule has 3 unspecified atom stereocenters. The lowest BCUT2D eigenvalue weighted by molar-refractivity contribution is -0.0386. The number of unbranched alkanes of at least 4 members (excludes halogenated alkanes) is 3. The molecule has 4 rings (SSSR count). The first-order valence-corrected chi connectivity index (χ1v) is 10.7. The first-order chi connectivity index (χ1) is 13.3. The van der Waals surface area contributed by atoms with Crippen LogP contribution < -0.4 is 10.6 Å². The molecule has 0 saturated carbocycles. The number of fused-ring (bicyclic) bond motifs is 3. The topological polar surface area (TPSA) is 33.3 Å². The third-order valence-corrected chi connectivity index (χ3v) is 6.02. The number of anilines is 3. The van der Waals surface area contributed by atoms with Crippen LogP contribution in [0.5, 0.6) is 0 Å². The van der Waals surface area contributed by atoms with Gasteiger partial charge in [-0.3, -0.25) is 0 Å². The van der Waals surface area contributed by atoms with E-state index >= 15 is 0 Å². The molecule has 144 valence electrons. The van der Waals surface area contributed by atoms with Gasteiger partial charge in [-0.15, -0.1) is 0 Å². The average molecular weight is 365 g/mol. The molecule has 0 spiro atoms. The Hall–Kier alpha value is -2.00. The normalized spacial score (nSPS) is 23.8. The summed E-state index contributed by atoms with van der Waals surface area (Å²) in [6.45, 7) is 3.17. The van der Waals surface area contributed by atoms with E-state index in [-0.39, 0.29) is 6.10 Å².